The molecule has 0 amide bonds. The van der Waals surface area contributed by atoms with Crippen molar-refractivity contribution in [2.24, 2.45) is 0 Å². The first-order valence-electron chi connectivity index (χ1n) is 3.20. The summed E-state index contributed by atoms with van der Waals surface area (Å²) < 4.78 is 0. The monoisotopic (exact) mass is 151 g/mol. The van der Waals surface area contributed by atoms with Gasteiger partial charge in [-0.15, -0.1) is 12.4 Å². The lowest BCUT2D eigenvalue weighted by Gasteiger charge is -2.05. The Morgan fingerprint density at radius 3 is 2.44 bits per heavy atom. The fourth-order valence-corrected chi connectivity index (χ4v) is 1.16. The van der Waals surface area contributed by atoms with E-state index >= 15 is 0 Å². The van der Waals surface area contributed by atoms with E-state index in [0.29, 0.717) is 18.7 Å². The molecule has 3 heteroatoms. The van der Waals surface area contributed by atoms with Gasteiger partial charge in [0.05, 0.1) is 6.61 Å². The first kappa shape index (κ1) is 9.21. The summed E-state index contributed by atoms with van der Waals surface area (Å²) >= 11 is 0. The van der Waals surface area contributed by atoms with Gasteiger partial charge >= 0.3 is 0 Å². The van der Waals surface area contributed by atoms with Crippen LogP contribution in [0.15, 0.2) is 0 Å². The zero-order valence-electron chi connectivity index (χ0n) is 5.63. The van der Waals surface area contributed by atoms with Crippen LogP contribution in [0.4, 0.5) is 0 Å². The Balaban J connectivity index is 0.000000640. The van der Waals surface area contributed by atoms with Gasteiger partial charge in [-0.3, -0.25) is 0 Å². The summed E-state index contributed by atoms with van der Waals surface area (Å²) in [5.41, 5.74) is 0. The maximum atomic E-state index is 8.62. The van der Waals surface area contributed by atoms with Gasteiger partial charge < -0.3 is 10.4 Å². The van der Waals surface area contributed by atoms with E-state index in [4.69, 9.17) is 5.11 Å². The molecule has 0 radical (unpaired) electrons. The highest BCUT2D eigenvalue weighted by molar-refractivity contribution is 5.85. The quantitative estimate of drug-likeness (QED) is 0.574. The van der Waals surface area contributed by atoms with Crippen LogP contribution in [0.3, 0.4) is 0 Å². The summed E-state index contributed by atoms with van der Waals surface area (Å²) in [4.78, 5) is 0. The molecule has 1 rings (SSSR count). The molecule has 0 saturated carbocycles. The molecule has 2 atom stereocenters. The zero-order chi connectivity index (χ0) is 5.98. The van der Waals surface area contributed by atoms with Gasteiger partial charge in [0.25, 0.3) is 0 Å². The van der Waals surface area contributed by atoms with Crippen LogP contribution in [-0.4, -0.2) is 23.8 Å². The van der Waals surface area contributed by atoms with Gasteiger partial charge in [-0.2, -0.15) is 0 Å². The molecule has 1 aliphatic rings. The molecule has 0 aromatic carbocycles. The highest BCUT2D eigenvalue weighted by atomic mass is 35.5. The molecule has 1 heterocycles. The van der Waals surface area contributed by atoms with Crippen LogP contribution in [0.2, 0.25) is 0 Å². The average molecular weight is 152 g/mol. The minimum atomic E-state index is 0. The number of aliphatic hydroxyl groups is 1. The van der Waals surface area contributed by atoms with Gasteiger partial charge in [-0.05, 0) is 19.8 Å². The molecule has 0 aromatic rings. The van der Waals surface area contributed by atoms with Crippen LogP contribution in [0.5, 0.6) is 0 Å². The predicted octanol–water partition coefficient (Wildman–Crippen LogP) is 0.541. The van der Waals surface area contributed by atoms with Crippen LogP contribution < -0.4 is 5.32 Å². The number of halogens is 1. The van der Waals surface area contributed by atoms with Crippen molar-refractivity contribution in [3.8, 4) is 0 Å². The Hall–Kier alpha value is 0.210. The molecule has 0 aromatic heterocycles. The van der Waals surface area contributed by atoms with Crippen molar-refractivity contribution >= 4 is 12.4 Å². The van der Waals surface area contributed by atoms with Gasteiger partial charge in [0.2, 0.25) is 0 Å². The van der Waals surface area contributed by atoms with Crippen LogP contribution in [0.25, 0.3) is 0 Å². The standard InChI is InChI=1S/C6H13NO.ClH/c1-5-2-3-6(4-8)7-5;/h5-8H,2-4H2,1H3;1H/t5-,6-;/m0./s1. The third kappa shape index (κ3) is 2.52. The van der Waals surface area contributed by atoms with E-state index in [9.17, 15) is 0 Å². The SMILES string of the molecule is C[C@H]1CC[C@@H](CO)N1.Cl. The fourth-order valence-electron chi connectivity index (χ4n) is 1.16. The van der Waals surface area contributed by atoms with Gasteiger partial charge in [-0.1, -0.05) is 0 Å². The van der Waals surface area contributed by atoms with Crippen LogP contribution in [0, 0.1) is 0 Å². The van der Waals surface area contributed by atoms with Crippen LogP contribution in [-0.2, 0) is 0 Å². The van der Waals surface area contributed by atoms with E-state index in [2.05, 4.69) is 12.2 Å². The van der Waals surface area contributed by atoms with Crippen molar-refractivity contribution in [2.45, 2.75) is 31.8 Å². The predicted molar refractivity (Wildman–Crippen MR) is 40.0 cm³/mol. The normalized spacial score (nSPS) is 34.0. The molecule has 1 fully saturated rings. The van der Waals surface area contributed by atoms with E-state index in [1.54, 1.807) is 0 Å². The average Bonchev–Trinajstić information content (AvgIpc) is 2.14. The molecule has 1 saturated heterocycles. The molecule has 2 N–H and O–H groups in total. The molecule has 9 heavy (non-hydrogen) atoms. The lowest BCUT2D eigenvalue weighted by atomic mass is 10.2. The summed E-state index contributed by atoms with van der Waals surface area (Å²) in [5.74, 6) is 0. The summed E-state index contributed by atoms with van der Waals surface area (Å²) in [5, 5.41) is 11.9. The maximum absolute atomic E-state index is 8.62. The molecule has 0 spiro atoms. The molecule has 0 unspecified atom stereocenters. The molecule has 56 valence electrons. The third-order valence-electron chi connectivity index (χ3n) is 1.69. The summed E-state index contributed by atoms with van der Waals surface area (Å²) in [6, 6.07) is 0.997. The van der Waals surface area contributed by atoms with Crippen molar-refractivity contribution in [3.63, 3.8) is 0 Å². The third-order valence-corrected chi connectivity index (χ3v) is 1.69. The summed E-state index contributed by atoms with van der Waals surface area (Å²) in [6.45, 7) is 2.44. The number of hydrogen-bond acceptors (Lipinski definition) is 2. The van der Waals surface area contributed by atoms with Crippen molar-refractivity contribution in [1.29, 1.82) is 0 Å². The number of aliphatic hydroxyl groups excluding tert-OH is 1. The molecule has 2 nitrogen and oxygen atoms in total. The molecular formula is C6H14ClNO. The zero-order valence-corrected chi connectivity index (χ0v) is 6.45. The van der Waals surface area contributed by atoms with Gasteiger partial charge in [0.1, 0.15) is 0 Å². The Morgan fingerprint density at radius 1 is 1.56 bits per heavy atom. The lowest BCUT2D eigenvalue weighted by Crippen LogP contribution is -2.29. The van der Waals surface area contributed by atoms with Crippen molar-refractivity contribution in [2.75, 3.05) is 6.61 Å². The number of hydrogen-bond donors (Lipinski definition) is 2. The Morgan fingerprint density at radius 2 is 2.22 bits per heavy atom. The Labute approximate surface area is 62.1 Å². The van der Waals surface area contributed by atoms with Crippen molar-refractivity contribution in [3.05, 3.63) is 0 Å². The van der Waals surface area contributed by atoms with Crippen molar-refractivity contribution in [1.82, 2.24) is 5.32 Å². The van der Waals surface area contributed by atoms with E-state index in [1.807, 2.05) is 0 Å². The number of nitrogens with one attached hydrogen (secondary N) is 1. The van der Waals surface area contributed by atoms with E-state index in [1.165, 1.54) is 6.42 Å². The summed E-state index contributed by atoms with van der Waals surface area (Å²) in [6.07, 6.45) is 2.35. The van der Waals surface area contributed by atoms with E-state index in [-0.39, 0.29) is 12.4 Å². The molecular weight excluding hydrogens is 138 g/mol. The van der Waals surface area contributed by atoms with E-state index in [0.717, 1.165) is 6.42 Å². The lowest BCUT2D eigenvalue weighted by molar-refractivity contribution is 0.252. The minimum Gasteiger partial charge on any atom is -0.395 e. The second-order valence-electron chi connectivity index (χ2n) is 2.52. The Bertz CT molecular complexity index is 79.5. The minimum absolute atomic E-state index is 0. The maximum Gasteiger partial charge on any atom is 0.0584 e. The summed E-state index contributed by atoms with van der Waals surface area (Å²) in [7, 11) is 0. The Kier molecular flexibility index (Phi) is 4.19. The fraction of sp³-hybridized carbons (Fsp3) is 1.00. The molecule has 0 bridgehead atoms. The topological polar surface area (TPSA) is 32.3 Å². The second-order valence-corrected chi connectivity index (χ2v) is 2.52. The van der Waals surface area contributed by atoms with Crippen LogP contribution >= 0.6 is 12.4 Å². The highest BCUT2D eigenvalue weighted by Gasteiger charge is 2.18. The van der Waals surface area contributed by atoms with E-state index < -0.39 is 0 Å². The molecule has 0 aliphatic carbocycles. The number of rotatable bonds is 1. The second kappa shape index (κ2) is 4.09. The smallest absolute Gasteiger partial charge is 0.0584 e. The van der Waals surface area contributed by atoms with Crippen molar-refractivity contribution < 1.29 is 5.11 Å². The first-order chi connectivity index (χ1) is 3.83. The largest absolute Gasteiger partial charge is 0.395 e. The highest BCUT2D eigenvalue weighted by Crippen LogP contribution is 2.09. The van der Waals surface area contributed by atoms with Gasteiger partial charge in [0, 0.05) is 12.1 Å². The first-order valence-corrected chi connectivity index (χ1v) is 3.20. The molecule has 1 aliphatic heterocycles. The van der Waals surface area contributed by atoms with Gasteiger partial charge in [0.15, 0.2) is 0 Å². The van der Waals surface area contributed by atoms with Crippen LogP contribution in [0.1, 0.15) is 19.8 Å². The van der Waals surface area contributed by atoms with Gasteiger partial charge in [-0.25, -0.2) is 0 Å².